The van der Waals surface area contributed by atoms with E-state index in [0.29, 0.717) is 35.6 Å². The Balaban J connectivity index is 1.46. The first-order valence-corrected chi connectivity index (χ1v) is 13.1. The molecule has 6 nitrogen and oxygen atoms in total. The number of aryl methyl sites for hydroxylation is 1. The molecule has 0 aliphatic heterocycles. The van der Waals surface area contributed by atoms with Crippen LogP contribution < -0.4 is 10.2 Å². The third-order valence-electron chi connectivity index (χ3n) is 7.59. The van der Waals surface area contributed by atoms with Gasteiger partial charge in [-0.15, -0.1) is 0 Å². The summed E-state index contributed by atoms with van der Waals surface area (Å²) >= 11 is 6.54. The van der Waals surface area contributed by atoms with Gasteiger partial charge in [-0.1, -0.05) is 23.7 Å². The number of nitrogens with one attached hydrogen (secondary N) is 1. The van der Waals surface area contributed by atoms with E-state index in [1.807, 2.05) is 38.2 Å². The van der Waals surface area contributed by atoms with Crippen molar-refractivity contribution in [3.05, 3.63) is 58.4 Å². The molecule has 3 aromatic rings. The average molecular weight is 496 g/mol. The zero-order valence-electron chi connectivity index (χ0n) is 21.6. The Morgan fingerprint density at radius 3 is 2.49 bits per heavy atom. The molecule has 0 atom stereocenters. The minimum atomic E-state index is -0.0858. The second-order valence-electron chi connectivity index (χ2n) is 9.89. The number of aromatic nitrogens is 2. The molecule has 1 aliphatic rings. The van der Waals surface area contributed by atoms with Crippen molar-refractivity contribution in [2.45, 2.75) is 58.0 Å². The maximum atomic E-state index is 13.2. The Kier molecular flexibility index (Phi) is 8.02. The standard InChI is InChI=1S/C28H38ClN5O/c1-6-34(22-13-11-21(12-14-22)32(3)4)26-18-20(29)17-23(19(26)2)28(35)30-16-15-27-31-24-9-7-8-10-25(24)33(27)5/h7-10,17-18,21-22H,6,11-16H2,1-5H3,(H,30,35). The molecule has 1 saturated carbocycles. The lowest BCUT2D eigenvalue weighted by Gasteiger charge is -2.40. The number of rotatable bonds is 8. The molecule has 0 radical (unpaired) electrons. The summed E-state index contributed by atoms with van der Waals surface area (Å²) < 4.78 is 2.09. The number of nitrogens with zero attached hydrogens (tertiary/aromatic N) is 4. The van der Waals surface area contributed by atoms with Gasteiger partial charge in [0.05, 0.1) is 11.0 Å². The summed E-state index contributed by atoms with van der Waals surface area (Å²) in [5, 5.41) is 3.70. The van der Waals surface area contributed by atoms with Crippen molar-refractivity contribution < 1.29 is 4.79 Å². The molecule has 35 heavy (non-hydrogen) atoms. The molecule has 1 amide bonds. The van der Waals surface area contributed by atoms with E-state index in [4.69, 9.17) is 16.6 Å². The van der Waals surface area contributed by atoms with Gasteiger partial charge in [0.1, 0.15) is 5.82 Å². The van der Waals surface area contributed by atoms with Gasteiger partial charge in [-0.25, -0.2) is 4.98 Å². The monoisotopic (exact) mass is 495 g/mol. The highest BCUT2D eigenvalue weighted by atomic mass is 35.5. The number of fused-ring (bicyclic) bond motifs is 1. The Hall–Kier alpha value is -2.57. The smallest absolute Gasteiger partial charge is 0.251 e. The van der Waals surface area contributed by atoms with Crippen molar-refractivity contribution in [1.82, 2.24) is 19.8 Å². The molecule has 0 bridgehead atoms. The zero-order valence-corrected chi connectivity index (χ0v) is 22.4. The zero-order chi connectivity index (χ0) is 25.1. The van der Waals surface area contributed by atoms with E-state index in [1.54, 1.807) is 6.07 Å². The van der Waals surface area contributed by atoms with E-state index in [-0.39, 0.29) is 5.91 Å². The molecule has 2 aromatic carbocycles. The summed E-state index contributed by atoms with van der Waals surface area (Å²) in [5.74, 6) is 0.873. The number of anilines is 1. The van der Waals surface area contributed by atoms with E-state index in [1.165, 1.54) is 12.8 Å². The Labute approximate surface area is 214 Å². The lowest BCUT2D eigenvalue weighted by atomic mass is 9.89. The topological polar surface area (TPSA) is 53.4 Å². The summed E-state index contributed by atoms with van der Waals surface area (Å²) in [6.45, 7) is 5.64. The first-order valence-electron chi connectivity index (χ1n) is 12.7. The van der Waals surface area contributed by atoms with Crippen LogP contribution in [0.2, 0.25) is 5.02 Å². The molecule has 0 saturated heterocycles. The number of imidazole rings is 1. The molecule has 1 aromatic heterocycles. The van der Waals surface area contributed by atoms with Gasteiger partial charge >= 0.3 is 0 Å². The van der Waals surface area contributed by atoms with Crippen LogP contribution in [-0.4, -0.2) is 59.6 Å². The quantitative estimate of drug-likeness (QED) is 0.466. The average Bonchev–Trinajstić information content (AvgIpc) is 3.17. The largest absolute Gasteiger partial charge is 0.369 e. The van der Waals surface area contributed by atoms with Crippen LogP contribution >= 0.6 is 11.6 Å². The molecule has 1 fully saturated rings. The lowest BCUT2D eigenvalue weighted by Crippen LogP contribution is -2.42. The van der Waals surface area contributed by atoms with Crippen molar-refractivity contribution in [3.63, 3.8) is 0 Å². The first-order chi connectivity index (χ1) is 16.8. The minimum Gasteiger partial charge on any atom is -0.369 e. The van der Waals surface area contributed by atoms with E-state index in [0.717, 1.165) is 47.5 Å². The van der Waals surface area contributed by atoms with E-state index >= 15 is 0 Å². The minimum absolute atomic E-state index is 0.0858. The third-order valence-corrected chi connectivity index (χ3v) is 7.81. The SMILES string of the molecule is CCN(c1cc(Cl)cc(C(=O)NCCc2nc3ccccc3n2C)c1C)C1CCC(N(C)C)CC1. The highest BCUT2D eigenvalue weighted by molar-refractivity contribution is 6.31. The maximum Gasteiger partial charge on any atom is 0.251 e. The summed E-state index contributed by atoms with van der Waals surface area (Å²) in [6.07, 6.45) is 5.37. The molecular formula is C28H38ClN5O. The number of amides is 1. The number of halogens is 1. The van der Waals surface area contributed by atoms with Crippen LogP contribution in [0.1, 0.15) is 54.4 Å². The van der Waals surface area contributed by atoms with Crippen molar-refractivity contribution in [3.8, 4) is 0 Å². The Bertz CT molecular complexity index is 1180. The Morgan fingerprint density at radius 1 is 1.14 bits per heavy atom. The maximum absolute atomic E-state index is 13.2. The van der Waals surface area contributed by atoms with Crippen molar-refractivity contribution in [2.24, 2.45) is 7.05 Å². The molecule has 188 valence electrons. The van der Waals surface area contributed by atoms with E-state index in [2.05, 4.69) is 46.8 Å². The molecular weight excluding hydrogens is 458 g/mol. The number of benzene rings is 2. The van der Waals surface area contributed by atoms with E-state index < -0.39 is 0 Å². The van der Waals surface area contributed by atoms with Crippen LogP contribution in [0.4, 0.5) is 5.69 Å². The van der Waals surface area contributed by atoms with Gasteiger partial charge in [0.15, 0.2) is 0 Å². The van der Waals surface area contributed by atoms with Crippen LogP contribution in [0.25, 0.3) is 11.0 Å². The number of carbonyl (C=O) groups excluding carboxylic acids is 1. The Morgan fingerprint density at radius 2 is 1.83 bits per heavy atom. The summed E-state index contributed by atoms with van der Waals surface area (Å²) in [5.41, 5.74) is 4.80. The molecule has 7 heteroatoms. The summed E-state index contributed by atoms with van der Waals surface area (Å²) in [6, 6.07) is 13.0. The second-order valence-corrected chi connectivity index (χ2v) is 10.3. The van der Waals surface area contributed by atoms with Gasteiger partial charge in [0.25, 0.3) is 5.91 Å². The first kappa shape index (κ1) is 25.5. The fraction of sp³-hybridized carbons (Fsp3) is 0.500. The van der Waals surface area contributed by atoms with Gasteiger partial charge in [-0.05, 0) is 83.5 Å². The van der Waals surface area contributed by atoms with Gasteiger partial charge in [-0.3, -0.25) is 4.79 Å². The van der Waals surface area contributed by atoms with Gasteiger partial charge < -0.3 is 19.7 Å². The van der Waals surface area contributed by atoms with Gasteiger partial charge in [0.2, 0.25) is 0 Å². The molecule has 1 N–H and O–H groups in total. The summed E-state index contributed by atoms with van der Waals surface area (Å²) in [4.78, 5) is 22.7. The predicted octanol–water partition coefficient (Wildman–Crippen LogP) is 5.21. The van der Waals surface area contributed by atoms with Crippen molar-refractivity contribution in [2.75, 3.05) is 32.1 Å². The number of hydrogen-bond acceptors (Lipinski definition) is 4. The van der Waals surface area contributed by atoms with Gasteiger partial charge in [0, 0.05) is 54.9 Å². The van der Waals surface area contributed by atoms with Gasteiger partial charge in [-0.2, -0.15) is 0 Å². The van der Waals surface area contributed by atoms with Crippen LogP contribution in [-0.2, 0) is 13.5 Å². The fourth-order valence-electron chi connectivity index (χ4n) is 5.51. The van der Waals surface area contributed by atoms with E-state index in [9.17, 15) is 4.79 Å². The molecule has 4 rings (SSSR count). The molecule has 1 heterocycles. The third kappa shape index (κ3) is 5.49. The number of hydrogen-bond donors (Lipinski definition) is 1. The molecule has 0 unspecified atom stereocenters. The second kappa shape index (κ2) is 11.0. The number of para-hydroxylation sites is 2. The van der Waals surface area contributed by atoms with Crippen molar-refractivity contribution in [1.29, 1.82) is 0 Å². The molecule has 0 spiro atoms. The fourth-order valence-corrected chi connectivity index (χ4v) is 5.72. The van der Waals surface area contributed by atoms with Crippen molar-refractivity contribution >= 4 is 34.2 Å². The van der Waals surface area contributed by atoms with Crippen LogP contribution in [0.5, 0.6) is 0 Å². The summed E-state index contributed by atoms with van der Waals surface area (Å²) in [7, 11) is 6.36. The highest BCUT2D eigenvalue weighted by Gasteiger charge is 2.28. The number of carbonyl (C=O) groups is 1. The van der Waals surface area contributed by atoms with Crippen LogP contribution in [0.3, 0.4) is 0 Å². The van der Waals surface area contributed by atoms with Crippen LogP contribution in [0.15, 0.2) is 36.4 Å². The molecule has 1 aliphatic carbocycles. The highest BCUT2D eigenvalue weighted by Crippen LogP contribution is 2.34. The predicted molar refractivity (Wildman–Crippen MR) is 146 cm³/mol. The normalized spacial score (nSPS) is 18.3. The van der Waals surface area contributed by atoms with Crippen LogP contribution in [0, 0.1) is 6.92 Å². The lowest BCUT2D eigenvalue weighted by molar-refractivity contribution is 0.0953.